The third-order valence-corrected chi connectivity index (χ3v) is 3.68. The Morgan fingerprint density at radius 3 is 2.80 bits per heavy atom. The monoisotopic (exact) mass is 277 g/mol. The van der Waals surface area contributed by atoms with Gasteiger partial charge in [0, 0.05) is 12.6 Å². The molecule has 1 fully saturated rings. The zero-order valence-electron chi connectivity index (χ0n) is 12.2. The van der Waals surface area contributed by atoms with Gasteiger partial charge in [-0.25, -0.2) is 0 Å². The lowest BCUT2D eigenvalue weighted by Crippen LogP contribution is -2.38. The van der Waals surface area contributed by atoms with Crippen LogP contribution in [0.1, 0.15) is 45.1 Å². The molecule has 110 valence electrons. The van der Waals surface area contributed by atoms with E-state index in [4.69, 9.17) is 10.9 Å². The van der Waals surface area contributed by atoms with E-state index in [0.717, 1.165) is 12.4 Å². The quantitative estimate of drug-likeness (QED) is 0.372. The van der Waals surface area contributed by atoms with Crippen molar-refractivity contribution in [2.24, 2.45) is 16.8 Å². The second kappa shape index (κ2) is 6.54. The SMILES string of the molecule is CC(C)CN(c1nnccc1/C(N)=N/O)C1CCCC1. The third-order valence-electron chi connectivity index (χ3n) is 3.68. The van der Waals surface area contributed by atoms with Gasteiger partial charge in [0.1, 0.15) is 0 Å². The maximum Gasteiger partial charge on any atom is 0.173 e. The van der Waals surface area contributed by atoms with Crippen LogP contribution in [0.3, 0.4) is 0 Å². The van der Waals surface area contributed by atoms with Gasteiger partial charge in [0.25, 0.3) is 0 Å². The highest BCUT2D eigenvalue weighted by atomic mass is 16.4. The van der Waals surface area contributed by atoms with Crippen molar-refractivity contribution in [2.75, 3.05) is 11.4 Å². The molecule has 1 aromatic heterocycles. The lowest BCUT2D eigenvalue weighted by molar-refractivity contribution is 0.318. The summed E-state index contributed by atoms with van der Waals surface area (Å²) in [4.78, 5) is 2.28. The van der Waals surface area contributed by atoms with Crippen molar-refractivity contribution < 1.29 is 5.21 Å². The number of amidine groups is 1. The molecule has 1 aliphatic rings. The summed E-state index contributed by atoms with van der Waals surface area (Å²) in [6.07, 6.45) is 6.40. The van der Waals surface area contributed by atoms with E-state index < -0.39 is 0 Å². The van der Waals surface area contributed by atoms with Gasteiger partial charge in [0.15, 0.2) is 11.7 Å². The molecule has 6 heteroatoms. The Morgan fingerprint density at radius 2 is 2.20 bits per heavy atom. The Morgan fingerprint density at radius 1 is 1.50 bits per heavy atom. The van der Waals surface area contributed by atoms with Gasteiger partial charge in [-0.2, -0.15) is 5.10 Å². The average molecular weight is 277 g/mol. The minimum absolute atomic E-state index is 0.0849. The van der Waals surface area contributed by atoms with E-state index in [1.807, 2.05) is 0 Å². The van der Waals surface area contributed by atoms with Gasteiger partial charge in [-0.05, 0) is 24.8 Å². The van der Waals surface area contributed by atoms with E-state index in [9.17, 15) is 0 Å². The predicted octanol–water partition coefficient (Wildman–Crippen LogP) is 1.98. The molecule has 0 spiro atoms. The second-order valence-electron chi connectivity index (χ2n) is 5.74. The predicted molar refractivity (Wildman–Crippen MR) is 79.0 cm³/mol. The summed E-state index contributed by atoms with van der Waals surface area (Å²) >= 11 is 0. The lowest BCUT2D eigenvalue weighted by atomic mass is 10.1. The smallest absolute Gasteiger partial charge is 0.173 e. The summed E-state index contributed by atoms with van der Waals surface area (Å²) in [5.41, 5.74) is 6.42. The van der Waals surface area contributed by atoms with Crippen molar-refractivity contribution in [3.63, 3.8) is 0 Å². The van der Waals surface area contributed by atoms with Crippen molar-refractivity contribution in [3.05, 3.63) is 17.8 Å². The highest BCUT2D eigenvalue weighted by Crippen LogP contribution is 2.29. The molecule has 0 radical (unpaired) electrons. The number of aromatic nitrogens is 2. The summed E-state index contributed by atoms with van der Waals surface area (Å²) in [6.45, 7) is 5.26. The molecule has 1 aromatic rings. The molecule has 2 rings (SSSR count). The van der Waals surface area contributed by atoms with Crippen LogP contribution in [0.2, 0.25) is 0 Å². The highest BCUT2D eigenvalue weighted by Gasteiger charge is 2.27. The van der Waals surface area contributed by atoms with Crippen LogP contribution in [-0.4, -0.2) is 33.8 Å². The van der Waals surface area contributed by atoms with Crippen LogP contribution in [0.25, 0.3) is 0 Å². The van der Waals surface area contributed by atoms with E-state index >= 15 is 0 Å². The van der Waals surface area contributed by atoms with Gasteiger partial charge in [0.05, 0.1) is 11.8 Å². The second-order valence-corrected chi connectivity index (χ2v) is 5.74. The normalized spacial score (nSPS) is 16.9. The van der Waals surface area contributed by atoms with Crippen LogP contribution in [0, 0.1) is 5.92 Å². The molecule has 0 bridgehead atoms. The van der Waals surface area contributed by atoms with Crippen LogP contribution in [0.4, 0.5) is 5.82 Å². The third kappa shape index (κ3) is 3.18. The molecule has 0 aliphatic heterocycles. The first-order valence-corrected chi connectivity index (χ1v) is 7.19. The van der Waals surface area contributed by atoms with Crippen molar-refractivity contribution in [3.8, 4) is 0 Å². The largest absolute Gasteiger partial charge is 0.409 e. The van der Waals surface area contributed by atoms with Crippen LogP contribution in [0.15, 0.2) is 17.4 Å². The van der Waals surface area contributed by atoms with Gasteiger partial charge in [0.2, 0.25) is 0 Å². The van der Waals surface area contributed by atoms with E-state index in [-0.39, 0.29) is 5.84 Å². The Kier molecular flexibility index (Phi) is 4.76. The minimum atomic E-state index is 0.0849. The fourth-order valence-electron chi connectivity index (χ4n) is 2.81. The molecular weight excluding hydrogens is 254 g/mol. The fraction of sp³-hybridized carbons (Fsp3) is 0.643. The lowest BCUT2D eigenvalue weighted by Gasteiger charge is -2.32. The Bertz CT molecular complexity index is 468. The fourth-order valence-corrected chi connectivity index (χ4v) is 2.81. The number of nitrogens with zero attached hydrogens (tertiary/aromatic N) is 4. The zero-order valence-corrected chi connectivity index (χ0v) is 12.2. The van der Waals surface area contributed by atoms with Crippen LogP contribution >= 0.6 is 0 Å². The number of hydrogen-bond acceptors (Lipinski definition) is 5. The summed E-state index contributed by atoms with van der Waals surface area (Å²) < 4.78 is 0. The molecule has 0 aromatic carbocycles. The maximum atomic E-state index is 8.94. The number of rotatable bonds is 5. The van der Waals surface area contributed by atoms with Crippen LogP contribution in [0.5, 0.6) is 0 Å². The molecule has 0 amide bonds. The molecular formula is C14H23N5O. The molecule has 20 heavy (non-hydrogen) atoms. The molecule has 0 saturated heterocycles. The molecule has 1 heterocycles. The molecule has 3 N–H and O–H groups in total. The number of hydrogen-bond donors (Lipinski definition) is 2. The number of oxime groups is 1. The first kappa shape index (κ1) is 14.6. The van der Waals surface area contributed by atoms with E-state index in [0.29, 0.717) is 17.5 Å². The van der Waals surface area contributed by atoms with E-state index in [1.54, 1.807) is 12.3 Å². The van der Waals surface area contributed by atoms with Gasteiger partial charge >= 0.3 is 0 Å². The van der Waals surface area contributed by atoms with Crippen molar-refractivity contribution in [1.82, 2.24) is 10.2 Å². The first-order valence-electron chi connectivity index (χ1n) is 7.19. The van der Waals surface area contributed by atoms with Crippen molar-refractivity contribution in [2.45, 2.75) is 45.6 Å². The summed E-state index contributed by atoms with van der Waals surface area (Å²) in [5, 5.41) is 20.3. The van der Waals surface area contributed by atoms with Gasteiger partial charge < -0.3 is 15.8 Å². The van der Waals surface area contributed by atoms with Gasteiger partial charge in [-0.15, -0.1) is 5.10 Å². The Labute approximate surface area is 119 Å². The van der Waals surface area contributed by atoms with Crippen molar-refractivity contribution in [1.29, 1.82) is 0 Å². The summed E-state index contributed by atoms with van der Waals surface area (Å²) in [6, 6.07) is 2.22. The first-order chi connectivity index (χ1) is 9.63. The molecule has 6 nitrogen and oxygen atoms in total. The average Bonchev–Trinajstić information content (AvgIpc) is 2.97. The van der Waals surface area contributed by atoms with E-state index in [2.05, 4.69) is 34.1 Å². The number of anilines is 1. The summed E-state index contributed by atoms with van der Waals surface area (Å²) in [7, 11) is 0. The molecule has 0 atom stereocenters. The van der Waals surface area contributed by atoms with E-state index in [1.165, 1.54) is 25.7 Å². The van der Waals surface area contributed by atoms with Crippen molar-refractivity contribution >= 4 is 11.7 Å². The molecule has 1 aliphatic carbocycles. The Hall–Kier alpha value is -1.85. The van der Waals surface area contributed by atoms with Crippen LogP contribution < -0.4 is 10.6 Å². The van der Waals surface area contributed by atoms with Gasteiger partial charge in [-0.1, -0.05) is 31.8 Å². The summed E-state index contributed by atoms with van der Waals surface area (Å²) in [5.74, 6) is 1.32. The highest BCUT2D eigenvalue weighted by molar-refractivity contribution is 6.01. The standard InChI is InChI=1S/C14H23N5O/c1-10(2)9-19(11-5-3-4-6-11)14-12(13(15)18-20)7-8-16-17-14/h7-8,10-11,20H,3-6,9H2,1-2H3,(H2,15,18). The number of nitrogens with two attached hydrogens (primary N) is 1. The topological polar surface area (TPSA) is 87.6 Å². The molecule has 1 saturated carbocycles. The zero-order chi connectivity index (χ0) is 14.5. The molecule has 0 unspecified atom stereocenters. The Balaban J connectivity index is 2.37. The minimum Gasteiger partial charge on any atom is -0.409 e. The maximum absolute atomic E-state index is 8.94. The van der Waals surface area contributed by atoms with Crippen LogP contribution in [-0.2, 0) is 0 Å². The van der Waals surface area contributed by atoms with Gasteiger partial charge in [-0.3, -0.25) is 0 Å².